The maximum atomic E-state index is 11.7. The summed E-state index contributed by atoms with van der Waals surface area (Å²) >= 11 is 0. The third-order valence-electron chi connectivity index (χ3n) is 2.24. The quantitative estimate of drug-likeness (QED) is 0.503. The molecule has 0 aliphatic rings. The zero-order valence-electron chi connectivity index (χ0n) is 9.35. The van der Waals surface area contributed by atoms with Crippen LogP contribution in [0.4, 0.5) is 0 Å². The van der Waals surface area contributed by atoms with Gasteiger partial charge < -0.3 is 20.8 Å². The van der Waals surface area contributed by atoms with Gasteiger partial charge in [0, 0.05) is 13.1 Å². The zero-order valence-corrected chi connectivity index (χ0v) is 9.35. The first-order chi connectivity index (χ1) is 7.17. The van der Waals surface area contributed by atoms with Gasteiger partial charge >= 0.3 is 0 Å². The van der Waals surface area contributed by atoms with Gasteiger partial charge in [-0.25, -0.2) is 0 Å². The molecule has 5 nitrogen and oxygen atoms in total. The maximum absolute atomic E-state index is 11.7. The fourth-order valence-corrected chi connectivity index (χ4v) is 1.36. The molecule has 90 valence electrons. The van der Waals surface area contributed by atoms with Crippen molar-refractivity contribution < 1.29 is 15.0 Å². The molecule has 0 aliphatic carbocycles. The van der Waals surface area contributed by atoms with Gasteiger partial charge in [-0.3, -0.25) is 4.79 Å². The van der Waals surface area contributed by atoms with Crippen LogP contribution < -0.4 is 5.73 Å². The summed E-state index contributed by atoms with van der Waals surface area (Å²) in [6.07, 6.45) is 2.57. The summed E-state index contributed by atoms with van der Waals surface area (Å²) in [5.74, 6) is -0.188. The van der Waals surface area contributed by atoms with E-state index in [-0.39, 0.29) is 32.2 Å². The molecular weight excluding hydrogens is 196 g/mol. The van der Waals surface area contributed by atoms with Crippen molar-refractivity contribution in [3.8, 4) is 0 Å². The second-order valence-corrected chi connectivity index (χ2v) is 3.52. The molecule has 0 saturated heterocycles. The fraction of sp³-hybridized carbons (Fsp3) is 0.900. The zero-order chi connectivity index (χ0) is 11.7. The van der Waals surface area contributed by atoms with Gasteiger partial charge in [-0.15, -0.1) is 0 Å². The minimum Gasteiger partial charge on any atom is -0.395 e. The lowest BCUT2D eigenvalue weighted by Gasteiger charge is -2.24. The molecular formula is C10H22N2O3. The van der Waals surface area contributed by atoms with E-state index in [0.29, 0.717) is 6.42 Å². The van der Waals surface area contributed by atoms with E-state index in [1.165, 1.54) is 4.90 Å². The number of aliphatic hydroxyl groups excluding tert-OH is 2. The molecule has 0 radical (unpaired) electrons. The molecule has 0 aromatic carbocycles. The highest BCUT2D eigenvalue weighted by Crippen LogP contribution is 2.02. The first-order valence-electron chi connectivity index (χ1n) is 5.43. The third-order valence-corrected chi connectivity index (χ3v) is 2.24. The van der Waals surface area contributed by atoms with Gasteiger partial charge in [-0.1, -0.05) is 19.8 Å². The average Bonchev–Trinajstić information content (AvgIpc) is 2.24. The van der Waals surface area contributed by atoms with Gasteiger partial charge in [0.25, 0.3) is 0 Å². The maximum Gasteiger partial charge on any atom is 0.239 e. The SMILES string of the molecule is CCCCC(N)C(=O)N(CCO)CCO. The standard InChI is InChI=1S/C10H22N2O3/c1-2-3-4-9(11)10(15)12(5-7-13)6-8-14/h9,13-14H,2-8,11H2,1H3. The van der Waals surface area contributed by atoms with Crippen molar-refractivity contribution in [2.24, 2.45) is 5.73 Å². The highest BCUT2D eigenvalue weighted by atomic mass is 16.3. The molecule has 1 unspecified atom stereocenters. The predicted octanol–water partition coefficient (Wildman–Crippen LogP) is -0.683. The number of carbonyl (C=O) groups excluding carboxylic acids is 1. The van der Waals surface area contributed by atoms with Crippen LogP contribution in [-0.2, 0) is 4.79 Å². The first kappa shape index (κ1) is 14.3. The molecule has 0 aromatic rings. The molecule has 1 amide bonds. The van der Waals surface area contributed by atoms with Gasteiger partial charge in [-0.05, 0) is 6.42 Å². The molecule has 0 heterocycles. The van der Waals surface area contributed by atoms with Crippen molar-refractivity contribution in [3.05, 3.63) is 0 Å². The normalized spacial score (nSPS) is 12.5. The summed E-state index contributed by atoms with van der Waals surface area (Å²) in [5, 5.41) is 17.5. The molecule has 5 heteroatoms. The summed E-state index contributed by atoms with van der Waals surface area (Å²) in [6, 6.07) is -0.511. The smallest absolute Gasteiger partial charge is 0.239 e. The summed E-state index contributed by atoms with van der Waals surface area (Å²) in [5.41, 5.74) is 5.71. The second kappa shape index (κ2) is 8.64. The monoisotopic (exact) mass is 218 g/mol. The van der Waals surface area contributed by atoms with Gasteiger partial charge in [-0.2, -0.15) is 0 Å². The van der Waals surface area contributed by atoms with Crippen LogP contribution in [0, 0.1) is 0 Å². The molecule has 0 saturated carbocycles. The van der Waals surface area contributed by atoms with Crippen LogP contribution in [0.1, 0.15) is 26.2 Å². The number of rotatable bonds is 8. The minimum atomic E-state index is -0.511. The van der Waals surface area contributed by atoms with Crippen LogP contribution in [0.2, 0.25) is 0 Å². The molecule has 4 N–H and O–H groups in total. The van der Waals surface area contributed by atoms with Crippen LogP contribution in [-0.4, -0.2) is 53.4 Å². The van der Waals surface area contributed by atoms with Crippen LogP contribution in [0.5, 0.6) is 0 Å². The largest absolute Gasteiger partial charge is 0.395 e. The fourth-order valence-electron chi connectivity index (χ4n) is 1.36. The number of amides is 1. The Bertz CT molecular complexity index is 170. The minimum absolute atomic E-state index is 0.105. The molecule has 0 rings (SSSR count). The van der Waals surface area contributed by atoms with Crippen molar-refractivity contribution in [2.45, 2.75) is 32.2 Å². The Morgan fingerprint density at radius 1 is 1.33 bits per heavy atom. The molecule has 15 heavy (non-hydrogen) atoms. The van der Waals surface area contributed by atoms with E-state index in [1.54, 1.807) is 0 Å². The summed E-state index contributed by atoms with van der Waals surface area (Å²) in [7, 11) is 0. The summed E-state index contributed by atoms with van der Waals surface area (Å²) in [6.45, 7) is 2.30. The summed E-state index contributed by atoms with van der Waals surface area (Å²) < 4.78 is 0. The molecule has 0 fully saturated rings. The Hall–Kier alpha value is -0.650. The van der Waals surface area contributed by atoms with Crippen molar-refractivity contribution >= 4 is 5.91 Å². The highest BCUT2D eigenvalue weighted by molar-refractivity contribution is 5.81. The number of hydrogen-bond donors (Lipinski definition) is 3. The van der Waals surface area contributed by atoms with Crippen molar-refractivity contribution in [2.75, 3.05) is 26.3 Å². The van der Waals surface area contributed by atoms with Crippen LogP contribution in [0.3, 0.4) is 0 Å². The van der Waals surface area contributed by atoms with Crippen molar-refractivity contribution in [1.29, 1.82) is 0 Å². The van der Waals surface area contributed by atoms with Crippen LogP contribution in [0.25, 0.3) is 0 Å². The number of carbonyl (C=O) groups is 1. The van der Waals surface area contributed by atoms with Gasteiger partial charge in [0.05, 0.1) is 19.3 Å². The topological polar surface area (TPSA) is 86.8 Å². The van der Waals surface area contributed by atoms with E-state index < -0.39 is 6.04 Å². The Kier molecular flexibility index (Phi) is 8.27. The summed E-state index contributed by atoms with van der Waals surface area (Å²) in [4.78, 5) is 13.1. The lowest BCUT2D eigenvalue weighted by Crippen LogP contribution is -2.46. The van der Waals surface area contributed by atoms with Crippen LogP contribution in [0.15, 0.2) is 0 Å². The Morgan fingerprint density at radius 3 is 2.27 bits per heavy atom. The first-order valence-corrected chi connectivity index (χ1v) is 5.43. The molecule has 0 spiro atoms. The van der Waals surface area contributed by atoms with Gasteiger partial charge in [0.1, 0.15) is 0 Å². The lowest BCUT2D eigenvalue weighted by molar-refractivity contribution is -0.133. The highest BCUT2D eigenvalue weighted by Gasteiger charge is 2.19. The van der Waals surface area contributed by atoms with E-state index in [2.05, 4.69) is 0 Å². The van der Waals surface area contributed by atoms with E-state index in [4.69, 9.17) is 15.9 Å². The van der Waals surface area contributed by atoms with Crippen molar-refractivity contribution in [1.82, 2.24) is 4.90 Å². The Balaban J connectivity index is 4.08. The van der Waals surface area contributed by atoms with E-state index in [9.17, 15) is 4.79 Å². The average molecular weight is 218 g/mol. The number of nitrogens with zero attached hydrogens (tertiary/aromatic N) is 1. The Morgan fingerprint density at radius 2 is 1.87 bits per heavy atom. The number of aliphatic hydroxyl groups is 2. The number of hydrogen-bond acceptors (Lipinski definition) is 4. The van der Waals surface area contributed by atoms with E-state index in [0.717, 1.165) is 12.8 Å². The molecule has 1 atom stereocenters. The third kappa shape index (κ3) is 5.71. The Labute approximate surface area is 90.9 Å². The lowest BCUT2D eigenvalue weighted by atomic mass is 10.1. The van der Waals surface area contributed by atoms with Crippen molar-refractivity contribution in [3.63, 3.8) is 0 Å². The van der Waals surface area contributed by atoms with Gasteiger partial charge in [0.15, 0.2) is 0 Å². The van der Waals surface area contributed by atoms with E-state index in [1.807, 2.05) is 6.92 Å². The predicted molar refractivity (Wildman–Crippen MR) is 58.3 cm³/mol. The molecule has 0 bridgehead atoms. The van der Waals surface area contributed by atoms with Crippen LogP contribution >= 0.6 is 0 Å². The molecule has 0 aliphatic heterocycles. The second-order valence-electron chi connectivity index (χ2n) is 3.52. The number of nitrogens with two attached hydrogens (primary N) is 1. The van der Waals surface area contributed by atoms with Gasteiger partial charge in [0.2, 0.25) is 5.91 Å². The van der Waals surface area contributed by atoms with E-state index >= 15 is 0 Å². The molecule has 0 aromatic heterocycles. The number of unbranched alkanes of at least 4 members (excludes halogenated alkanes) is 1.